The molecule has 0 atom stereocenters. The van der Waals surface area contributed by atoms with Crippen LogP contribution < -0.4 is 13.5 Å². The SMILES string of the molecule is C#CCCn1c(-c2cccs2)ccc1-c1cccs1.C#Cc1ccc(-c2ccc(-c3cccs3)s2)s1.C=Cc1ccc(-c2ccc(-c3cccs3)s2)s1.c1cc(-c2ccc(-c3ccsc3)s2)cs1.c1csc(-c2ccc(-c3cccs3)s2)c1.c1csc(-c2ccsc2-c2cccs2)c1.c1csc(-c2csc(-c3cccs3)c2)c1.c1csc([SiH](c2cccs2)c2cccs2)c1. The Balaban J connectivity index is 0.000000104. The third kappa shape index (κ3) is 24.7. The fraction of sp³-hybridized carbons (Fsp3) is 0.0192. The van der Waals surface area contributed by atoms with Crippen LogP contribution in [-0.2, 0) is 6.54 Å². The van der Waals surface area contributed by atoms with Gasteiger partial charge in [0.2, 0.25) is 0 Å². The van der Waals surface area contributed by atoms with Crippen LogP contribution in [0.2, 0.25) is 0 Å². The van der Waals surface area contributed by atoms with E-state index in [-0.39, 0.29) is 0 Å². The number of hydrogen-bond donors (Lipinski definition) is 0. The minimum Gasteiger partial charge on any atom is -0.338 e. The zero-order valence-electron chi connectivity index (χ0n) is 68.1. The zero-order valence-corrected chi connectivity index (χ0v) is 88.1. The third-order valence-electron chi connectivity index (χ3n) is 19.0. The van der Waals surface area contributed by atoms with E-state index < -0.39 is 8.80 Å². The van der Waals surface area contributed by atoms with Crippen LogP contribution in [0, 0.1) is 24.7 Å². The van der Waals surface area contributed by atoms with Gasteiger partial charge >= 0.3 is 0 Å². The molecule has 1 nitrogen and oxygen atoms in total. The molecule has 0 unspecified atom stereocenters. The highest BCUT2D eigenvalue weighted by molar-refractivity contribution is 7.39. The Labute approximate surface area is 846 Å². The molecule has 0 aliphatic rings. The van der Waals surface area contributed by atoms with E-state index in [0.717, 1.165) is 17.8 Å². The molecule has 0 fully saturated rings. The van der Waals surface area contributed by atoms with Crippen LogP contribution in [0.15, 0.2) is 376 Å². The molecule has 129 heavy (non-hydrogen) atoms. The summed E-state index contributed by atoms with van der Waals surface area (Å²) in [7, 11) is -1.11. The van der Waals surface area contributed by atoms with Crippen molar-refractivity contribution in [3.05, 3.63) is 385 Å². The van der Waals surface area contributed by atoms with Gasteiger partial charge in [0.25, 0.3) is 0 Å². The molecule has 0 saturated carbocycles. The van der Waals surface area contributed by atoms with Gasteiger partial charge in [-0.1, -0.05) is 116 Å². The lowest BCUT2D eigenvalue weighted by molar-refractivity contribution is 0.741. The van der Waals surface area contributed by atoms with Crippen LogP contribution in [0.5, 0.6) is 0 Å². The fourth-order valence-corrected chi connectivity index (χ4v) is 38.8. The van der Waals surface area contributed by atoms with E-state index in [1.165, 1.54) is 146 Å². The van der Waals surface area contributed by atoms with Gasteiger partial charge in [-0.15, -0.1) is 223 Å². The second-order valence-electron chi connectivity index (χ2n) is 27.2. The number of hydrogen-bond acceptors (Lipinski definition) is 23. The van der Waals surface area contributed by atoms with Crippen molar-refractivity contribution in [3.8, 4) is 166 Å². The second-order valence-corrected chi connectivity index (χ2v) is 53.5. The highest BCUT2D eigenvalue weighted by atomic mass is 32.2. The molecule has 0 aliphatic heterocycles. The lowest BCUT2D eigenvalue weighted by Gasteiger charge is -2.10. The summed E-state index contributed by atoms with van der Waals surface area (Å²) in [4.78, 5) is 31.8. The Morgan fingerprint density at radius 2 is 0.628 bits per heavy atom. The van der Waals surface area contributed by atoms with Gasteiger partial charge in [0, 0.05) is 138 Å². The van der Waals surface area contributed by atoms with Crippen molar-refractivity contribution < 1.29 is 0 Å². The van der Waals surface area contributed by atoms with Crippen LogP contribution in [-0.4, -0.2) is 13.4 Å². The molecular formula is C104H73NS23Si. The Bertz CT molecular complexity index is 6660. The topological polar surface area (TPSA) is 4.93 Å². The first-order valence-electron chi connectivity index (χ1n) is 39.9. The van der Waals surface area contributed by atoms with E-state index in [2.05, 4.69) is 386 Å². The summed E-state index contributed by atoms with van der Waals surface area (Å²) < 4.78 is 7.05. The van der Waals surface area contributed by atoms with Crippen molar-refractivity contribution in [2.24, 2.45) is 0 Å². The molecule has 24 heterocycles. The number of nitrogens with zero attached hydrogens (tertiary/aromatic N) is 1. The van der Waals surface area contributed by atoms with Crippen LogP contribution >= 0.6 is 261 Å². The molecule has 0 spiro atoms. The molecule has 0 saturated heterocycles. The first-order chi connectivity index (χ1) is 63.8. The summed E-state index contributed by atoms with van der Waals surface area (Å²) >= 11 is 41.6. The standard InChI is InChI=1S/C16H13NS2.C14H10S3.C14H8S3.C12H10S3Si.4C12H8S3/c1-2-3-10-17-13(15-6-4-11-18-15)8-9-14(17)16-7-5-12-19-16;2*1-2-10-5-6-13(16-10)14-8-7-12(17-14)11-4-3-9-15-11;1-4-10(13-7-1)16(11-5-2-8-14-11)12-6-3-9-15-12;1-3-9(13-7-1)11-5-6-12(15-11)10-4-2-8-14-10;1-3-10(13-6-1)9-5-8-15-12(9)11-4-2-7-14-11;1-3-10(13-5-1)9-7-12(15-8-9)11-4-2-6-14-11;1-2-12(10-4-6-14-8-10)15-11(1)9-3-5-13-7-9/h1,4-9,11-12H,3,10H2;2-9H,1H2;1,3-9H;1-9,16H;4*1-8H. The molecule has 24 aromatic rings. The van der Waals surface area contributed by atoms with Gasteiger partial charge in [-0.25, -0.2) is 0 Å². The van der Waals surface area contributed by atoms with E-state index in [9.17, 15) is 0 Å². The third-order valence-corrected chi connectivity index (χ3v) is 46.9. The Kier molecular flexibility index (Phi) is 34.1. The lowest BCUT2D eigenvalue weighted by Crippen LogP contribution is -2.48. The fourth-order valence-electron chi connectivity index (χ4n) is 13.0. The molecule has 0 N–H and O–H groups in total. The van der Waals surface area contributed by atoms with Crippen molar-refractivity contribution in [1.29, 1.82) is 0 Å². The number of aromatic nitrogens is 1. The van der Waals surface area contributed by atoms with Crippen LogP contribution in [0.1, 0.15) is 16.2 Å². The van der Waals surface area contributed by atoms with Gasteiger partial charge in [-0.05, 0) is 280 Å². The summed E-state index contributed by atoms with van der Waals surface area (Å²) in [5.74, 6) is 5.41. The first-order valence-corrected chi connectivity index (χ1v) is 61.6. The van der Waals surface area contributed by atoms with E-state index in [1.54, 1.807) is 161 Å². The molecule has 0 bridgehead atoms. The Morgan fingerprint density at radius 1 is 0.271 bits per heavy atom. The molecular weight excluding hydrogens is 2030 g/mol. The van der Waals surface area contributed by atoms with E-state index in [1.807, 2.05) is 126 Å². The molecule has 0 amide bonds. The maximum atomic E-state index is 5.42. The summed E-state index contributed by atoms with van der Waals surface area (Å²) in [6, 6.07) is 95.3. The molecule has 636 valence electrons. The van der Waals surface area contributed by atoms with Gasteiger partial charge in [-0.3, -0.25) is 0 Å². The van der Waals surface area contributed by atoms with Crippen LogP contribution in [0.25, 0.3) is 147 Å². The van der Waals surface area contributed by atoms with Gasteiger partial charge in [0.05, 0.1) is 30.9 Å². The summed E-state index contributed by atoms with van der Waals surface area (Å²) in [5, 5.41) is 40.8. The van der Waals surface area contributed by atoms with Crippen molar-refractivity contribution in [2.45, 2.75) is 13.0 Å². The highest BCUT2D eigenvalue weighted by Crippen LogP contribution is 2.46. The van der Waals surface area contributed by atoms with Crippen molar-refractivity contribution >= 4 is 289 Å². The highest BCUT2D eigenvalue weighted by Gasteiger charge is 2.23. The lowest BCUT2D eigenvalue weighted by atomic mass is 10.2. The van der Waals surface area contributed by atoms with Gasteiger partial charge in [0.1, 0.15) is 0 Å². The summed E-state index contributed by atoms with van der Waals surface area (Å²) in [6.45, 7) is 4.66. The molecule has 0 aliphatic carbocycles. The minimum atomic E-state index is -1.11. The van der Waals surface area contributed by atoms with E-state index in [4.69, 9.17) is 12.8 Å². The smallest absolute Gasteiger partial charge is 0.170 e. The van der Waals surface area contributed by atoms with Crippen LogP contribution in [0.4, 0.5) is 0 Å². The molecule has 25 heteroatoms. The second kappa shape index (κ2) is 47.7. The predicted octanol–water partition coefficient (Wildman–Crippen LogP) is 38.9. The largest absolute Gasteiger partial charge is 0.338 e. The van der Waals surface area contributed by atoms with E-state index >= 15 is 0 Å². The number of rotatable bonds is 20. The minimum absolute atomic E-state index is 0.755. The Hall–Kier alpha value is -8.54. The normalized spacial score (nSPS) is 10.6. The van der Waals surface area contributed by atoms with Crippen molar-refractivity contribution in [2.75, 3.05) is 0 Å². The quantitative estimate of drug-likeness (QED) is 0.0529. The predicted molar refractivity (Wildman–Crippen MR) is 607 cm³/mol. The summed E-state index contributed by atoms with van der Waals surface area (Å²) in [5.41, 5.74) is 7.91. The van der Waals surface area contributed by atoms with Gasteiger partial charge < -0.3 is 4.57 Å². The average Bonchev–Trinajstić information content (AvgIpc) is 1.67. The number of thiophene rings is 23. The van der Waals surface area contributed by atoms with Crippen molar-refractivity contribution in [3.63, 3.8) is 0 Å². The van der Waals surface area contributed by atoms with Gasteiger partial charge in [-0.2, -0.15) is 56.7 Å². The Morgan fingerprint density at radius 3 is 1.01 bits per heavy atom. The maximum absolute atomic E-state index is 5.42. The molecule has 0 aromatic carbocycles. The first kappa shape index (κ1) is 92.3. The zero-order chi connectivity index (χ0) is 87.6. The molecule has 0 radical (unpaired) electrons. The van der Waals surface area contributed by atoms with E-state index in [0.29, 0.717) is 0 Å². The van der Waals surface area contributed by atoms with Crippen molar-refractivity contribution in [1.82, 2.24) is 4.57 Å². The monoisotopic (exact) mass is 2100 g/mol. The van der Waals surface area contributed by atoms with Gasteiger partial charge in [0.15, 0.2) is 8.80 Å². The molecule has 24 aromatic heterocycles. The summed E-state index contributed by atoms with van der Waals surface area (Å²) in [6.07, 6.45) is 13.5. The molecule has 24 rings (SSSR count). The number of terminal acetylenes is 2. The van der Waals surface area contributed by atoms with Crippen LogP contribution in [0.3, 0.4) is 0 Å². The maximum Gasteiger partial charge on any atom is 0.170 e. The average molecular weight is 2100 g/mol.